The number of amides is 2. The van der Waals surface area contributed by atoms with Gasteiger partial charge >= 0.3 is 0 Å². The predicted octanol–water partition coefficient (Wildman–Crippen LogP) is 4.19. The van der Waals surface area contributed by atoms with Crippen LogP contribution in [-0.4, -0.2) is 39.0 Å². The minimum atomic E-state index is -0.403. The Morgan fingerprint density at radius 2 is 2.03 bits per heavy atom. The van der Waals surface area contributed by atoms with Gasteiger partial charge in [0.25, 0.3) is 5.91 Å². The van der Waals surface area contributed by atoms with Crippen LogP contribution < -0.4 is 5.32 Å². The van der Waals surface area contributed by atoms with E-state index in [1.54, 1.807) is 16.2 Å². The van der Waals surface area contributed by atoms with Crippen molar-refractivity contribution in [2.45, 2.75) is 45.0 Å². The van der Waals surface area contributed by atoms with Crippen molar-refractivity contribution in [3.8, 4) is 0 Å². The maximum atomic E-state index is 13.1. The first-order valence-corrected chi connectivity index (χ1v) is 11.8. The van der Waals surface area contributed by atoms with Gasteiger partial charge in [-0.05, 0) is 42.8 Å². The molecule has 1 N–H and O–H groups in total. The molecule has 8 heteroatoms. The summed E-state index contributed by atoms with van der Waals surface area (Å²) in [6, 6.07) is 11.2. The van der Waals surface area contributed by atoms with Crippen molar-refractivity contribution in [2.75, 3.05) is 0 Å². The van der Waals surface area contributed by atoms with Crippen LogP contribution >= 0.6 is 23.1 Å². The number of aliphatic imine (C=N–C) groups is 2. The highest BCUT2D eigenvalue weighted by atomic mass is 32.2. The fourth-order valence-corrected chi connectivity index (χ4v) is 5.01. The van der Waals surface area contributed by atoms with E-state index in [0.29, 0.717) is 29.9 Å². The lowest BCUT2D eigenvalue weighted by molar-refractivity contribution is -0.125. The standard InChI is InChI=1S/C22H24N4O2S2/c1-13(2)11-18-21(28)26-19(24-18)16-8-4-5-9-17(16)25-22(26)30-14(3)20(27)23-12-15-7-6-10-29-15/h4-10,13-14,18H,11-12H2,1-3H3,(H,23,27)/t14-,18+/m0/s1. The van der Waals surface area contributed by atoms with Crippen LogP contribution in [0.3, 0.4) is 0 Å². The van der Waals surface area contributed by atoms with Gasteiger partial charge in [-0.1, -0.05) is 43.8 Å². The summed E-state index contributed by atoms with van der Waals surface area (Å²) >= 11 is 2.90. The van der Waals surface area contributed by atoms with E-state index in [1.807, 2.05) is 48.7 Å². The lowest BCUT2D eigenvalue weighted by Crippen LogP contribution is -2.43. The molecule has 1 aromatic carbocycles. The van der Waals surface area contributed by atoms with Crippen LogP contribution in [0.2, 0.25) is 0 Å². The van der Waals surface area contributed by atoms with E-state index in [4.69, 9.17) is 9.98 Å². The first kappa shape index (κ1) is 20.8. The maximum Gasteiger partial charge on any atom is 0.259 e. The molecule has 2 aliphatic rings. The Labute approximate surface area is 184 Å². The summed E-state index contributed by atoms with van der Waals surface area (Å²) in [5.41, 5.74) is 1.63. The molecule has 0 aliphatic carbocycles. The highest BCUT2D eigenvalue weighted by molar-refractivity contribution is 8.15. The fraction of sp³-hybridized carbons (Fsp3) is 0.364. The average molecular weight is 441 g/mol. The largest absolute Gasteiger partial charge is 0.350 e. The first-order chi connectivity index (χ1) is 14.4. The van der Waals surface area contributed by atoms with Gasteiger partial charge in [-0.25, -0.2) is 9.89 Å². The summed E-state index contributed by atoms with van der Waals surface area (Å²) in [5, 5.41) is 5.07. The van der Waals surface area contributed by atoms with Crippen molar-refractivity contribution in [3.05, 3.63) is 52.2 Å². The summed E-state index contributed by atoms with van der Waals surface area (Å²) in [5.74, 6) is 0.851. The van der Waals surface area contributed by atoms with E-state index in [9.17, 15) is 9.59 Å². The van der Waals surface area contributed by atoms with E-state index < -0.39 is 11.3 Å². The van der Waals surface area contributed by atoms with Gasteiger partial charge in [-0.2, -0.15) is 0 Å². The molecule has 2 amide bonds. The number of nitrogens with one attached hydrogen (secondary N) is 1. The van der Waals surface area contributed by atoms with Crippen LogP contribution in [-0.2, 0) is 16.1 Å². The molecule has 0 saturated heterocycles. The van der Waals surface area contributed by atoms with Gasteiger partial charge in [0.15, 0.2) is 5.17 Å². The fourth-order valence-electron chi connectivity index (χ4n) is 3.42. The number of carbonyl (C=O) groups excluding carboxylic acids is 2. The second-order valence-electron chi connectivity index (χ2n) is 7.74. The van der Waals surface area contributed by atoms with Crippen LogP contribution in [0.5, 0.6) is 0 Å². The molecule has 6 nitrogen and oxygen atoms in total. The minimum absolute atomic E-state index is 0.0642. The van der Waals surface area contributed by atoms with Crippen molar-refractivity contribution in [3.63, 3.8) is 0 Å². The molecule has 2 aromatic rings. The van der Waals surface area contributed by atoms with Crippen LogP contribution in [0.4, 0.5) is 5.69 Å². The Kier molecular flexibility index (Phi) is 6.06. The number of rotatable bonds is 6. The SMILES string of the molecule is CC(C)C[C@H]1N=C2c3ccccc3N=C(S[C@@H](C)C(=O)NCc3cccs3)N2C1=O. The zero-order valence-electron chi connectivity index (χ0n) is 17.2. The molecule has 30 heavy (non-hydrogen) atoms. The van der Waals surface area contributed by atoms with Gasteiger partial charge in [0.1, 0.15) is 11.9 Å². The second kappa shape index (κ2) is 8.73. The predicted molar refractivity (Wildman–Crippen MR) is 123 cm³/mol. The molecule has 4 rings (SSSR count). The molecule has 0 saturated carbocycles. The number of carbonyl (C=O) groups is 2. The van der Waals surface area contributed by atoms with Crippen molar-refractivity contribution >= 4 is 51.6 Å². The molecular weight excluding hydrogens is 416 g/mol. The summed E-state index contributed by atoms with van der Waals surface area (Å²) in [7, 11) is 0. The number of benzene rings is 1. The van der Waals surface area contributed by atoms with E-state index in [-0.39, 0.29) is 11.8 Å². The maximum absolute atomic E-state index is 13.1. The van der Waals surface area contributed by atoms with Crippen molar-refractivity contribution in [2.24, 2.45) is 15.9 Å². The minimum Gasteiger partial charge on any atom is -0.350 e. The molecule has 156 valence electrons. The van der Waals surface area contributed by atoms with Gasteiger partial charge < -0.3 is 5.32 Å². The van der Waals surface area contributed by atoms with E-state index in [1.165, 1.54) is 11.8 Å². The number of hydrogen-bond donors (Lipinski definition) is 1. The zero-order valence-corrected chi connectivity index (χ0v) is 18.8. The molecule has 0 radical (unpaired) electrons. The van der Waals surface area contributed by atoms with Crippen molar-refractivity contribution < 1.29 is 9.59 Å². The number of amidine groups is 2. The Morgan fingerprint density at radius 1 is 1.23 bits per heavy atom. The molecule has 3 heterocycles. The van der Waals surface area contributed by atoms with E-state index >= 15 is 0 Å². The average Bonchev–Trinajstić information content (AvgIpc) is 3.34. The van der Waals surface area contributed by atoms with Crippen LogP contribution in [0.1, 0.15) is 37.6 Å². The van der Waals surface area contributed by atoms with E-state index in [0.717, 1.165) is 16.1 Å². The number of para-hydroxylation sites is 1. The molecule has 0 fully saturated rings. The molecular formula is C22H24N4O2S2. The normalized spacial score (nSPS) is 18.6. The number of hydrogen-bond acceptors (Lipinski definition) is 6. The second-order valence-corrected chi connectivity index (χ2v) is 10.1. The van der Waals surface area contributed by atoms with Gasteiger partial charge in [0.2, 0.25) is 5.91 Å². The van der Waals surface area contributed by atoms with Gasteiger partial charge in [0, 0.05) is 10.4 Å². The quantitative estimate of drug-likeness (QED) is 0.732. The van der Waals surface area contributed by atoms with E-state index in [2.05, 4.69) is 19.2 Å². The Hall–Kier alpha value is -2.45. The monoisotopic (exact) mass is 440 g/mol. The number of nitrogens with zero attached hydrogens (tertiary/aromatic N) is 3. The first-order valence-electron chi connectivity index (χ1n) is 10.0. The highest BCUT2D eigenvalue weighted by Crippen LogP contribution is 2.35. The number of fused-ring (bicyclic) bond motifs is 3. The third-order valence-corrected chi connectivity index (χ3v) is 6.84. The summed E-state index contributed by atoms with van der Waals surface area (Å²) in [6.45, 7) is 6.51. The van der Waals surface area contributed by atoms with Crippen molar-refractivity contribution in [1.82, 2.24) is 10.2 Å². The molecule has 0 unspecified atom stereocenters. The molecule has 2 atom stereocenters. The Bertz CT molecular complexity index is 1010. The summed E-state index contributed by atoms with van der Waals surface area (Å²) in [6.07, 6.45) is 0.690. The molecule has 0 bridgehead atoms. The topological polar surface area (TPSA) is 74.1 Å². The molecule has 1 aromatic heterocycles. The zero-order chi connectivity index (χ0) is 21.3. The molecule has 2 aliphatic heterocycles. The number of thiophene rings is 1. The third kappa shape index (κ3) is 4.20. The van der Waals surface area contributed by atoms with Crippen LogP contribution in [0.25, 0.3) is 0 Å². The van der Waals surface area contributed by atoms with Gasteiger partial charge in [-0.3, -0.25) is 14.6 Å². The Morgan fingerprint density at radius 3 is 2.77 bits per heavy atom. The molecule has 0 spiro atoms. The van der Waals surface area contributed by atoms with Crippen molar-refractivity contribution in [1.29, 1.82) is 0 Å². The van der Waals surface area contributed by atoms with Crippen LogP contribution in [0.15, 0.2) is 51.8 Å². The Balaban J connectivity index is 1.55. The van der Waals surface area contributed by atoms with Crippen LogP contribution in [0, 0.1) is 5.92 Å². The highest BCUT2D eigenvalue weighted by Gasteiger charge is 2.42. The lowest BCUT2D eigenvalue weighted by Gasteiger charge is -2.27. The van der Waals surface area contributed by atoms with Gasteiger partial charge in [-0.15, -0.1) is 11.3 Å². The smallest absolute Gasteiger partial charge is 0.259 e. The number of thioether (sulfide) groups is 1. The lowest BCUT2D eigenvalue weighted by atomic mass is 10.0. The van der Waals surface area contributed by atoms with Gasteiger partial charge in [0.05, 0.1) is 17.5 Å². The summed E-state index contributed by atoms with van der Waals surface area (Å²) < 4.78 is 0. The summed E-state index contributed by atoms with van der Waals surface area (Å²) in [4.78, 5) is 37.9. The third-order valence-electron chi connectivity index (χ3n) is 4.91.